The van der Waals surface area contributed by atoms with E-state index in [1.165, 1.54) is 27.8 Å². The predicted molar refractivity (Wildman–Crippen MR) is 121 cm³/mol. The van der Waals surface area contributed by atoms with Crippen molar-refractivity contribution in [2.75, 3.05) is 42.5 Å². The van der Waals surface area contributed by atoms with Gasteiger partial charge in [0.15, 0.2) is 5.82 Å². The molecule has 2 fully saturated rings. The average molecular weight is 436 g/mol. The van der Waals surface area contributed by atoms with Crippen molar-refractivity contribution in [3.8, 4) is 0 Å². The highest BCUT2D eigenvalue weighted by Crippen LogP contribution is 2.32. The van der Waals surface area contributed by atoms with E-state index in [9.17, 15) is 14.0 Å². The Labute approximate surface area is 185 Å². The number of hydrogen-bond donors (Lipinski definition) is 1. The Hall–Kier alpha value is -3.42. The number of carbonyl (C=O) groups excluding carboxylic acids is 2. The lowest BCUT2D eigenvalue weighted by Gasteiger charge is -2.37. The third-order valence-electron chi connectivity index (χ3n) is 6.53. The van der Waals surface area contributed by atoms with E-state index in [0.717, 1.165) is 13.1 Å². The quantitative estimate of drug-likeness (QED) is 0.687. The summed E-state index contributed by atoms with van der Waals surface area (Å²) in [5.41, 5.74) is 4.21. The number of carbonyl (C=O) groups is 2. The van der Waals surface area contributed by atoms with Crippen LogP contribution in [-0.4, -0.2) is 59.6 Å². The molecule has 0 spiro atoms. The smallest absolute Gasteiger partial charge is 0.229 e. The maximum atomic E-state index is 14.4. The molecule has 2 aromatic carbocycles. The standard InChI is InChI=1S/C24H26FN5O2/c1-15-6-7-20(16(2)12-15)28-8-10-29(11-9-28)24(32)17-13-21(31)30(14-17)23-22-18(25)4-3-5-19(22)26-27-23/h3-7,12,17H,8-11,13-14H2,1-2H3,(H,26,27)/t17-/m0/s1. The third kappa shape index (κ3) is 3.49. The van der Waals surface area contributed by atoms with E-state index in [4.69, 9.17) is 0 Å². The number of amides is 2. The van der Waals surface area contributed by atoms with Crippen LogP contribution in [0.3, 0.4) is 0 Å². The van der Waals surface area contributed by atoms with E-state index < -0.39 is 11.7 Å². The zero-order valence-electron chi connectivity index (χ0n) is 18.3. The zero-order chi connectivity index (χ0) is 22.4. The fourth-order valence-electron chi connectivity index (χ4n) is 4.87. The second-order valence-corrected chi connectivity index (χ2v) is 8.72. The minimum atomic E-state index is -0.436. The molecule has 2 aliphatic rings. The summed E-state index contributed by atoms with van der Waals surface area (Å²) in [7, 11) is 0. The van der Waals surface area contributed by atoms with Crippen LogP contribution in [0.25, 0.3) is 10.9 Å². The number of nitrogens with zero attached hydrogens (tertiary/aromatic N) is 4. The van der Waals surface area contributed by atoms with Crippen LogP contribution in [0.15, 0.2) is 36.4 Å². The molecule has 0 radical (unpaired) electrons. The Morgan fingerprint density at radius 1 is 1.12 bits per heavy atom. The fraction of sp³-hybridized carbons (Fsp3) is 0.375. The number of benzene rings is 2. The number of anilines is 2. The number of fused-ring (bicyclic) bond motifs is 1. The number of H-pyrrole nitrogens is 1. The molecule has 2 aliphatic heterocycles. The minimum Gasteiger partial charge on any atom is -0.368 e. The van der Waals surface area contributed by atoms with Crippen molar-refractivity contribution in [1.29, 1.82) is 0 Å². The summed E-state index contributed by atoms with van der Waals surface area (Å²) in [5, 5.41) is 7.23. The van der Waals surface area contributed by atoms with Gasteiger partial charge in [0.2, 0.25) is 11.8 Å². The number of piperazine rings is 1. The molecule has 166 valence electrons. The third-order valence-corrected chi connectivity index (χ3v) is 6.53. The lowest BCUT2D eigenvalue weighted by molar-refractivity contribution is -0.136. The number of nitrogens with one attached hydrogen (secondary N) is 1. The summed E-state index contributed by atoms with van der Waals surface area (Å²) in [4.78, 5) is 31.5. The molecule has 7 nitrogen and oxygen atoms in total. The molecule has 5 rings (SSSR count). The van der Waals surface area contributed by atoms with Crippen molar-refractivity contribution >= 4 is 34.2 Å². The average Bonchev–Trinajstić information content (AvgIpc) is 3.37. The van der Waals surface area contributed by atoms with Gasteiger partial charge >= 0.3 is 0 Å². The van der Waals surface area contributed by atoms with Crippen molar-refractivity contribution < 1.29 is 14.0 Å². The molecule has 3 aromatic rings. The first-order chi connectivity index (χ1) is 15.4. The highest BCUT2D eigenvalue weighted by molar-refractivity contribution is 6.05. The van der Waals surface area contributed by atoms with Crippen molar-refractivity contribution in [1.82, 2.24) is 15.1 Å². The molecule has 32 heavy (non-hydrogen) atoms. The van der Waals surface area contributed by atoms with Gasteiger partial charge in [-0.3, -0.25) is 19.6 Å². The Morgan fingerprint density at radius 2 is 1.91 bits per heavy atom. The molecule has 0 bridgehead atoms. The van der Waals surface area contributed by atoms with Gasteiger partial charge < -0.3 is 9.80 Å². The Bertz CT molecular complexity index is 1200. The summed E-state index contributed by atoms with van der Waals surface area (Å²) in [6.07, 6.45) is 0.124. The summed E-state index contributed by atoms with van der Waals surface area (Å²) < 4.78 is 14.4. The highest BCUT2D eigenvalue weighted by atomic mass is 19.1. The summed E-state index contributed by atoms with van der Waals surface area (Å²) >= 11 is 0. The lowest BCUT2D eigenvalue weighted by atomic mass is 10.1. The maximum Gasteiger partial charge on any atom is 0.229 e. The van der Waals surface area contributed by atoms with E-state index in [1.807, 2.05) is 4.90 Å². The van der Waals surface area contributed by atoms with E-state index >= 15 is 0 Å². The zero-order valence-corrected chi connectivity index (χ0v) is 18.3. The molecule has 2 amide bonds. The van der Waals surface area contributed by atoms with Gasteiger partial charge in [-0.1, -0.05) is 23.8 Å². The van der Waals surface area contributed by atoms with Crippen molar-refractivity contribution in [3.63, 3.8) is 0 Å². The molecule has 3 heterocycles. The maximum absolute atomic E-state index is 14.4. The molecule has 8 heteroatoms. The molecular formula is C24H26FN5O2. The highest BCUT2D eigenvalue weighted by Gasteiger charge is 2.39. The molecule has 2 saturated heterocycles. The van der Waals surface area contributed by atoms with Crippen LogP contribution < -0.4 is 9.80 Å². The Morgan fingerprint density at radius 3 is 2.66 bits per heavy atom. The van der Waals surface area contributed by atoms with Gasteiger partial charge in [0.1, 0.15) is 5.82 Å². The predicted octanol–water partition coefficient (Wildman–Crippen LogP) is 3.02. The Balaban J connectivity index is 1.26. The monoisotopic (exact) mass is 435 g/mol. The van der Waals surface area contributed by atoms with Crippen LogP contribution in [0.5, 0.6) is 0 Å². The van der Waals surface area contributed by atoms with Gasteiger partial charge in [-0.25, -0.2) is 4.39 Å². The SMILES string of the molecule is Cc1ccc(N2CCN(C(=O)[C@H]3CC(=O)N(c4n[nH]c5cccc(F)c45)C3)CC2)c(C)c1. The number of aromatic amines is 1. The van der Waals surface area contributed by atoms with E-state index in [1.54, 1.807) is 12.1 Å². The van der Waals surface area contributed by atoms with Crippen molar-refractivity contribution in [3.05, 3.63) is 53.3 Å². The first-order valence-corrected chi connectivity index (χ1v) is 11.0. The minimum absolute atomic E-state index is 0.0126. The van der Waals surface area contributed by atoms with Gasteiger partial charge in [0.05, 0.1) is 16.8 Å². The van der Waals surface area contributed by atoms with Crippen LogP contribution >= 0.6 is 0 Å². The number of halogens is 1. The second-order valence-electron chi connectivity index (χ2n) is 8.72. The molecule has 0 aliphatic carbocycles. The van der Waals surface area contributed by atoms with Gasteiger partial charge in [-0.15, -0.1) is 0 Å². The molecule has 1 atom stereocenters. The van der Waals surface area contributed by atoms with Gasteiger partial charge in [0, 0.05) is 44.8 Å². The Kier molecular flexibility index (Phi) is 5.07. The summed E-state index contributed by atoms with van der Waals surface area (Å²) in [6.45, 7) is 7.18. The summed E-state index contributed by atoms with van der Waals surface area (Å²) in [5.74, 6) is -0.821. The van der Waals surface area contributed by atoms with Crippen LogP contribution in [0, 0.1) is 25.6 Å². The van der Waals surface area contributed by atoms with Gasteiger partial charge in [0.25, 0.3) is 0 Å². The number of rotatable bonds is 3. The van der Waals surface area contributed by atoms with Crippen LogP contribution in [-0.2, 0) is 9.59 Å². The largest absolute Gasteiger partial charge is 0.368 e. The first kappa shape index (κ1) is 20.5. The van der Waals surface area contributed by atoms with E-state index in [2.05, 4.69) is 47.1 Å². The van der Waals surface area contributed by atoms with Crippen LogP contribution in [0.4, 0.5) is 15.9 Å². The van der Waals surface area contributed by atoms with Gasteiger partial charge in [-0.05, 0) is 37.6 Å². The lowest BCUT2D eigenvalue weighted by Crippen LogP contribution is -2.50. The van der Waals surface area contributed by atoms with Crippen molar-refractivity contribution in [2.24, 2.45) is 5.92 Å². The number of aryl methyl sites for hydroxylation is 2. The summed E-state index contributed by atoms with van der Waals surface area (Å²) in [6, 6.07) is 11.1. The molecule has 0 saturated carbocycles. The number of hydrogen-bond acceptors (Lipinski definition) is 4. The van der Waals surface area contributed by atoms with Crippen molar-refractivity contribution in [2.45, 2.75) is 20.3 Å². The topological polar surface area (TPSA) is 72.5 Å². The molecule has 1 aromatic heterocycles. The van der Waals surface area contributed by atoms with Gasteiger partial charge in [-0.2, -0.15) is 5.10 Å². The second kappa shape index (κ2) is 7.93. The normalized spacial score (nSPS) is 19.3. The van der Waals surface area contributed by atoms with Crippen LogP contribution in [0.2, 0.25) is 0 Å². The van der Waals surface area contributed by atoms with E-state index in [0.29, 0.717) is 18.6 Å². The molecular weight excluding hydrogens is 409 g/mol. The number of aromatic nitrogens is 2. The molecule has 0 unspecified atom stereocenters. The van der Waals surface area contributed by atoms with Crippen LogP contribution in [0.1, 0.15) is 17.5 Å². The van der Waals surface area contributed by atoms with E-state index in [-0.39, 0.29) is 36.0 Å². The molecule has 1 N–H and O–H groups in total. The first-order valence-electron chi connectivity index (χ1n) is 11.0. The fourth-order valence-corrected chi connectivity index (χ4v) is 4.87.